The number of carbonyl (C=O) groups is 1. The fraction of sp³-hybridized carbons (Fsp3) is 0.929. The molecule has 1 rings (SSSR count). The molecule has 20 heavy (non-hydrogen) atoms. The van der Waals surface area contributed by atoms with Gasteiger partial charge in [0.05, 0.1) is 18.8 Å². The summed E-state index contributed by atoms with van der Waals surface area (Å²) in [6.45, 7) is 11.8. The van der Waals surface area contributed by atoms with Crippen LogP contribution in [-0.2, 0) is 14.3 Å². The Kier molecular flexibility index (Phi) is 7.43. The van der Waals surface area contributed by atoms with Gasteiger partial charge in [0.15, 0.2) is 0 Å². The van der Waals surface area contributed by atoms with Crippen LogP contribution >= 0.6 is 0 Å². The van der Waals surface area contributed by atoms with E-state index in [2.05, 4.69) is 9.80 Å². The molecule has 0 aliphatic carbocycles. The summed E-state index contributed by atoms with van der Waals surface area (Å²) in [7, 11) is 0. The van der Waals surface area contributed by atoms with Gasteiger partial charge in [-0.05, 0) is 20.8 Å². The minimum Gasteiger partial charge on any atom is -0.464 e. The van der Waals surface area contributed by atoms with Gasteiger partial charge in [-0.3, -0.25) is 9.80 Å². The van der Waals surface area contributed by atoms with E-state index in [9.17, 15) is 9.90 Å². The number of rotatable bonds is 8. The number of hydrogen-bond acceptors (Lipinski definition) is 6. The van der Waals surface area contributed by atoms with E-state index in [1.165, 1.54) is 0 Å². The number of ether oxygens (including phenoxy) is 2. The van der Waals surface area contributed by atoms with E-state index >= 15 is 0 Å². The fourth-order valence-electron chi connectivity index (χ4n) is 2.27. The Morgan fingerprint density at radius 2 is 1.80 bits per heavy atom. The summed E-state index contributed by atoms with van der Waals surface area (Å²) in [6.07, 6.45) is 0. The number of aliphatic hydroxyl groups is 1. The van der Waals surface area contributed by atoms with Gasteiger partial charge in [0.1, 0.15) is 6.61 Å². The monoisotopic (exact) mass is 288 g/mol. The number of esters is 1. The van der Waals surface area contributed by atoms with E-state index in [1.807, 2.05) is 13.8 Å². The molecule has 0 saturated carbocycles. The molecule has 6 heteroatoms. The number of carbonyl (C=O) groups excluding carboxylic acids is 1. The van der Waals surface area contributed by atoms with Crippen molar-refractivity contribution in [2.75, 3.05) is 59.1 Å². The summed E-state index contributed by atoms with van der Waals surface area (Å²) >= 11 is 0. The average Bonchev–Trinajstić information content (AvgIpc) is 2.35. The zero-order chi connectivity index (χ0) is 15.0. The Morgan fingerprint density at radius 3 is 2.35 bits per heavy atom. The first-order valence-electron chi connectivity index (χ1n) is 7.31. The molecule has 1 aliphatic rings. The molecule has 6 nitrogen and oxygen atoms in total. The van der Waals surface area contributed by atoms with Crippen molar-refractivity contribution in [1.29, 1.82) is 0 Å². The number of β-amino-alcohol motifs (C(OH)–C–C–N with tert-alkyl or cyclic N) is 1. The van der Waals surface area contributed by atoms with E-state index in [4.69, 9.17) is 9.47 Å². The van der Waals surface area contributed by atoms with Crippen LogP contribution in [0.3, 0.4) is 0 Å². The molecule has 0 atom stereocenters. The van der Waals surface area contributed by atoms with Gasteiger partial charge < -0.3 is 14.6 Å². The van der Waals surface area contributed by atoms with E-state index < -0.39 is 5.60 Å². The third kappa shape index (κ3) is 7.79. The standard InChI is InChI=1S/C14H28N2O4/c1-4-20-13(17)11-19-10-9-15-5-7-16(8-6-15)12-14(2,3)18/h18H,4-12H2,1-3H3. The molecular weight excluding hydrogens is 260 g/mol. The number of piperazine rings is 1. The maximum atomic E-state index is 11.1. The maximum absolute atomic E-state index is 11.1. The van der Waals surface area contributed by atoms with Crippen LogP contribution in [0.5, 0.6) is 0 Å². The Morgan fingerprint density at radius 1 is 1.20 bits per heavy atom. The highest BCUT2D eigenvalue weighted by molar-refractivity contribution is 5.70. The predicted molar refractivity (Wildman–Crippen MR) is 76.6 cm³/mol. The Labute approximate surface area is 121 Å². The first kappa shape index (κ1) is 17.4. The lowest BCUT2D eigenvalue weighted by Gasteiger charge is -2.37. The third-order valence-electron chi connectivity index (χ3n) is 3.15. The lowest BCUT2D eigenvalue weighted by molar-refractivity contribution is -0.148. The highest BCUT2D eigenvalue weighted by Crippen LogP contribution is 2.08. The van der Waals surface area contributed by atoms with Gasteiger partial charge in [0.2, 0.25) is 0 Å². The van der Waals surface area contributed by atoms with Gasteiger partial charge in [-0.1, -0.05) is 0 Å². The van der Waals surface area contributed by atoms with Crippen LogP contribution in [0.2, 0.25) is 0 Å². The molecule has 118 valence electrons. The molecule has 1 saturated heterocycles. The summed E-state index contributed by atoms with van der Waals surface area (Å²) in [5.74, 6) is -0.303. The van der Waals surface area contributed by atoms with Crippen LogP contribution in [0.25, 0.3) is 0 Å². The van der Waals surface area contributed by atoms with Gasteiger partial charge in [0, 0.05) is 39.3 Å². The van der Waals surface area contributed by atoms with Gasteiger partial charge >= 0.3 is 5.97 Å². The summed E-state index contributed by atoms with van der Waals surface area (Å²) in [6, 6.07) is 0. The van der Waals surface area contributed by atoms with Gasteiger partial charge in [-0.2, -0.15) is 0 Å². The van der Waals surface area contributed by atoms with Gasteiger partial charge in [0.25, 0.3) is 0 Å². The molecule has 0 radical (unpaired) electrons. The summed E-state index contributed by atoms with van der Waals surface area (Å²) in [5.41, 5.74) is -0.634. The lowest BCUT2D eigenvalue weighted by atomic mass is 10.1. The second-order valence-corrected chi connectivity index (χ2v) is 5.79. The minimum absolute atomic E-state index is 0.0342. The van der Waals surface area contributed by atoms with Crippen molar-refractivity contribution in [2.24, 2.45) is 0 Å². The summed E-state index contributed by atoms with van der Waals surface area (Å²) < 4.78 is 10.1. The van der Waals surface area contributed by atoms with Crippen LogP contribution in [0.4, 0.5) is 0 Å². The zero-order valence-corrected chi connectivity index (χ0v) is 12.9. The molecule has 1 heterocycles. The van der Waals surface area contributed by atoms with Crippen LogP contribution in [0.15, 0.2) is 0 Å². The van der Waals surface area contributed by atoms with Crippen LogP contribution < -0.4 is 0 Å². The van der Waals surface area contributed by atoms with Crippen molar-refractivity contribution in [1.82, 2.24) is 9.80 Å². The van der Waals surface area contributed by atoms with Crippen LogP contribution in [0, 0.1) is 0 Å². The molecule has 0 unspecified atom stereocenters. The van der Waals surface area contributed by atoms with Crippen molar-refractivity contribution < 1.29 is 19.4 Å². The molecule has 0 bridgehead atoms. The summed E-state index contributed by atoms with van der Waals surface area (Å²) in [5, 5.41) is 9.79. The number of nitrogens with zero attached hydrogens (tertiary/aromatic N) is 2. The SMILES string of the molecule is CCOC(=O)COCCN1CCN(CC(C)(C)O)CC1. The van der Waals surface area contributed by atoms with E-state index in [-0.39, 0.29) is 12.6 Å². The Hall–Kier alpha value is -0.690. The zero-order valence-electron chi connectivity index (χ0n) is 12.9. The Bertz CT molecular complexity index is 283. The molecular formula is C14H28N2O4. The molecule has 1 fully saturated rings. The van der Waals surface area contributed by atoms with E-state index in [0.29, 0.717) is 19.8 Å². The van der Waals surface area contributed by atoms with E-state index in [0.717, 1.165) is 32.7 Å². The highest BCUT2D eigenvalue weighted by atomic mass is 16.6. The first-order valence-corrected chi connectivity index (χ1v) is 7.31. The molecule has 0 amide bonds. The van der Waals surface area contributed by atoms with Crippen molar-refractivity contribution in [3.05, 3.63) is 0 Å². The molecule has 1 N–H and O–H groups in total. The van der Waals surface area contributed by atoms with Gasteiger partial charge in [-0.15, -0.1) is 0 Å². The van der Waals surface area contributed by atoms with Crippen molar-refractivity contribution in [2.45, 2.75) is 26.4 Å². The molecule has 0 aromatic heterocycles. The van der Waals surface area contributed by atoms with Crippen LogP contribution in [0.1, 0.15) is 20.8 Å². The lowest BCUT2D eigenvalue weighted by Crippen LogP contribution is -2.51. The second kappa shape index (κ2) is 8.56. The second-order valence-electron chi connectivity index (χ2n) is 5.79. The van der Waals surface area contributed by atoms with Crippen molar-refractivity contribution in [3.63, 3.8) is 0 Å². The predicted octanol–water partition coefficient (Wildman–Crippen LogP) is -0.0454. The molecule has 0 aromatic carbocycles. The van der Waals surface area contributed by atoms with Crippen molar-refractivity contribution >= 4 is 5.97 Å². The quantitative estimate of drug-likeness (QED) is 0.499. The van der Waals surface area contributed by atoms with Crippen LogP contribution in [-0.4, -0.2) is 85.6 Å². The minimum atomic E-state index is -0.634. The third-order valence-corrected chi connectivity index (χ3v) is 3.15. The highest BCUT2D eigenvalue weighted by Gasteiger charge is 2.22. The molecule has 0 spiro atoms. The summed E-state index contributed by atoms with van der Waals surface area (Å²) in [4.78, 5) is 15.7. The van der Waals surface area contributed by atoms with E-state index in [1.54, 1.807) is 6.92 Å². The number of hydrogen-bond donors (Lipinski definition) is 1. The topological polar surface area (TPSA) is 62.2 Å². The normalized spacial score (nSPS) is 18.2. The first-order chi connectivity index (χ1) is 9.40. The molecule has 1 aliphatic heterocycles. The van der Waals surface area contributed by atoms with Gasteiger partial charge in [-0.25, -0.2) is 4.79 Å². The Balaban J connectivity index is 2.06. The van der Waals surface area contributed by atoms with Crippen molar-refractivity contribution in [3.8, 4) is 0 Å². The maximum Gasteiger partial charge on any atom is 0.332 e. The smallest absolute Gasteiger partial charge is 0.332 e. The largest absolute Gasteiger partial charge is 0.464 e. The average molecular weight is 288 g/mol. The molecule has 0 aromatic rings. The fourth-order valence-corrected chi connectivity index (χ4v) is 2.27.